The van der Waals surface area contributed by atoms with Crippen LogP contribution < -0.4 is 4.90 Å². The quantitative estimate of drug-likeness (QED) is 0.542. The first-order chi connectivity index (χ1) is 15.0. The Morgan fingerprint density at radius 1 is 1.00 bits per heavy atom. The molecule has 1 saturated heterocycles. The van der Waals surface area contributed by atoms with Crippen LogP contribution in [-0.4, -0.2) is 46.8 Å². The van der Waals surface area contributed by atoms with E-state index in [0.717, 1.165) is 29.9 Å². The van der Waals surface area contributed by atoms with Gasteiger partial charge in [0, 0.05) is 42.8 Å². The van der Waals surface area contributed by atoms with Crippen LogP contribution >= 0.6 is 23.2 Å². The molecule has 0 atom stereocenters. The highest BCUT2D eigenvalue weighted by Gasteiger charge is 2.35. The Bertz CT molecular complexity index is 1120. The number of nitrogens with zero attached hydrogens (tertiary/aromatic N) is 4. The van der Waals surface area contributed by atoms with Crippen LogP contribution in [-0.2, 0) is 0 Å². The summed E-state index contributed by atoms with van der Waals surface area (Å²) in [5.41, 5.74) is 3.27. The van der Waals surface area contributed by atoms with Gasteiger partial charge in [-0.1, -0.05) is 23.2 Å². The molecule has 3 aromatic rings. The van der Waals surface area contributed by atoms with Gasteiger partial charge in [0.25, 0.3) is 5.91 Å². The van der Waals surface area contributed by atoms with Crippen LogP contribution in [0.25, 0.3) is 5.69 Å². The van der Waals surface area contributed by atoms with Gasteiger partial charge in [0.15, 0.2) is 0 Å². The Labute approximate surface area is 190 Å². The summed E-state index contributed by atoms with van der Waals surface area (Å²) in [6.07, 6.45) is 3.73. The number of carbonyl (C=O) groups excluding carboxylic acids is 1. The molecule has 8 heteroatoms. The predicted octanol–water partition coefficient (Wildman–Crippen LogP) is 5.16. The van der Waals surface area contributed by atoms with Crippen LogP contribution in [0.1, 0.15) is 34.8 Å². The molecule has 0 bridgehead atoms. The molecule has 2 aliphatic rings. The highest BCUT2D eigenvalue weighted by molar-refractivity contribution is 6.35. The molecule has 0 unspecified atom stereocenters. The van der Waals surface area contributed by atoms with Gasteiger partial charge < -0.3 is 9.80 Å². The SMILES string of the molecule is O=C(c1cnn(-c2ccc(Cl)cc2Cl)c1C1CC1)N1CCN(c2ccc(F)cc2)CC1. The number of hydrogen-bond donors (Lipinski definition) is 0. The Hall–Kier alpha value is -2.57. The van der Waals surface area contributed by atoms with E-state index in [4.69, 9.17) is 23.2 Å². The summed E-state index contributed by atoms with van der Waals surface area (Å²) in [6.45, 7) is 2.61. The zero-order valence-corrected chi connectivity index (χ0v) is 18.3. The van der Waals surface area contributed by atoms with Gasteiger partial charge in [0.2, 0.25) is 0 Å². The molecule has 1 aliphatic heterocycles. The third-order valence-corrected chi connectivity index (χ3v) is 6.44. The van der Waals surface area contributed by atoms with Crippen LogP contribution in [0.15, 0.2) is 48.7 Å². The summed E-state index contributed by atoms with van der Waals surface area (Å²) >= 11 is 12.5. The lowest BCUT2D eigenvalue weighted by atomic mass is 10.1. The number of anilines is 1. The molecule has 0 N–H and O–H groups in total. The maximum absolute atomic E-state index is 13.4. The number of benzene rings is 2. The Morgan fingerprint density at radius 2 is 1.71 bits per heavy atom. The van der Waals surface area contributed by atoms with Crippen LogP contribution in [0.4, 0.5) is 10.1 Å². The zero-order valence-electron chi connectivity index (χ0n) is 16.8. The third-order valence-electron chi connectivity index (χ3n) is 5.90. The lowest BCUT2D eigenvalue weighted by Crippen LogP contribution is -2.48. The molecule has 0 spiro atoms. The number of amides is 1. The second-order valence-electron chi connectivity index (χ2n) is 7.98. The third kappa shape index (κ3) is 4.02. The van der Waals surface area contributed by atoms with E-state index >= 15 is 0 Å². The minimum absolute atomic E-state index is 0.00279. The first kappa shape index (κ1) is 20.3. The van der Waals surface area contributed by atoms with E-state index in [-0.39, 0.29) is 11.7 Å². The van der Waals surface area contributed by atoms with E-state index in [1.165, 1.54) is 12.1 Å². The van der Waals surface area contributed by atoms with Gasteiger partial charge in [-0.05, 0) is 55.3 Å². The van der Waals surface area contributed by atoms with E-state index in [9.17, 15) is 9.18 Å². The van der Waals surface area contributed by atoms with Crippen LogP contribution in [0.3, 0.4) is 0 Å². The Balaban J connectivity index is 1.37. The summed E-state index contributed by atoms with van der Waals surface area (Å²) in [4.78, 5) is 17.4. The van der Waals surface area contributed by atoms with Gasteiger partial charge >= 0.3 is 0 Å². The fourth-order valence-electron chi connectivity index (χ4n) is 4.11. The number of halogens is 3. The minimum Gasteiger partial charge on any atom is -0.368 e. The molecular formula is C23H21Cl2FN4O. The highest BCUT2D eigenvalue weighted by atomic mass is 35.5. The number of carbonyl (C=O) groups is 1. The van der Waals surface area contributed by atoms with E-state index in [2.05, 4.69) is 10.00 Å². The van der Waals surface area contributed by atoms with Crippen molar-refractivity contribution in [3.63, 3.8) is 0 Å². The molecule has 2 aromatic carbocycles. The smallest absolute Gasteiger partial charge is 0.257 e. The fourth-order valence-corrected chi connectivity index (χ4v) is 4.60. The molecule has 0 radical (unpaired) electrons. The minimum atomic E-state index is -0.247. The topological polar surface area (TPSA) is 41.4 Å². The van der Waals surface area contributed by atoms with Gasteiger partial charge in [0.05, 0.1) is 28.2 Å². The molecule has 1 saturated carbocycles. The van der Waals surface area contributed by atoms with E-state index in [1.807, 2.05) is 11.0 Å². The lowest BCUT2D eigenvalue weighted by Gasteiger charge is -2.36. The summed E-state index contributed by atoms with van der Waals surface area (Å²) in [5, 5.41) is 5.58. The first-order valence-electron chi connectivity index (χ1n) is 10.3. The van der Waals surface area contributed by atoms with Crippen molar-refractivity contribution in [2.75, 3.05) is 31.1 Å². The summed E-state index contributed by atoms with van der Waals surface area (Å²) < 4.78 is 15.0. The Kier molecular flexibility index (Phi) is 5.36. The second kappa shape index (κ2) is 8.17. The standard InChI is InChI=1S/C23H21Cl2FN4O/c24-16-3-8-21(20(25)13-16)30-22(15-1-2-15)19(14-27-30)23(31)29-11-9-28(10-12-29)18-6-4-17(26)5-7-18/h3-8,13-15H,1-2,9-12H2. The second-order valence-corrected chi connectivity index (χ2v) is 8.82. The van der Waals surface area contributed by atoms with Gasteiger partial charge in [-0.15, -0.1) is 0 Å². The van der Waals surface area contributed by atoms with Crippen LogP contribution in [0, 0.1) is 5.82 Å². The lowest BCUT2D eigenvalue weighted by molar-refractivity contribution is 0.0745. The average Bonchev–Trinajstić information content (AvgIpc) is 3.52. The molecule has 5 nitrogen and oxygen atoms in total. The van der Waals surface area contributed by atoms with Gasteiger partial charge in [0.1, 0.15) is 5.82 Å². The van der Waals surface area contributed by atoms with Crippen LogP contribution in [0.5, 0.6) is 0 Å². The summed E-state index contributed by atoms with van der Waals surface area (Å²) in [7, 11) is 0. The maximum atomic E-state index is 13.4. The van der Waals surface area contributed by atoms with Gasteiger partial charge in [-0.3, -0.25) is 4.79 Å². The maximum Gasteiger partial charge on any atom is 0.257 e. The molecule has 2 fully saturated rings. The zero-order chi connectivity index (χ0) is 21.5. The number of hydrogen-bond acceptors (Lipinski definition) is 3. The number of piperazine rings is 1. The van der Waals surface area contributed by atoms with Gasteiger partial charge in [-0.2, -0.15) is 5.10 Å². The first-order valence-corrected chi connectivity index (χ1v) is 11.1. The Morgan fingerprint density at radius 3 is 2.35 bits per heavy atom. The predicted molar refractivity (Wildman–Crippen MR) is 120 cm³/mol. The van der Waals surface area contributed by atoms with E-state index < -0.39 is 0 Å². The van der Waals surface area contributed by atoms with Crippen molar-refractivity contribution in [1.82, 2.24) is 14.7 Å². The van der Waals surface area contributed by atoms with Crippen molar-refractivity contribution in [3.8, 4) is 5.69 Å². The van der Waals surface area contributed by atoms with E-state index in [0.29, 0.717) is 47.7 Å². The van der Waals surface area contributed by atoms with Gasteiger partial charge in [-0.25, -0.2) is 9.07 Å². The molecule has 1 amide bonds. The largest absolute Gasteiger partial charge is 0.368 e. The van der Waals surface area contributed by atoms with Crippen molar-refractivity contribution in [2.24, 2.45) is 0 Å². The van der Waals surface area contributed by atoms with Crippen LogP contribution in [0.2, 0.25) is 10.0 Å². The fraction of sp³-hybridized carbons (Fsp3) is 0.304. The average molecular weight is 459 g/mol. The molecule has 5 rings (SSSR count). The van der Waals surface area contributed by atoms with Crippen molar-refractivity contribution in [1.29, 1.82) is 0 Å². The number of aromatic nitrogens is 2. The molecule has 2 heterocycles. The van der Waals surface area contributed by atoms with Crippen molar-refractivity contribution >= 4 is 34.8 Å². The molecule has 31 heavy (non-hydrogen) atoms. The van der Waals surface area contributed by atoms with E-state index in [1.54, 1.807) is 35.1 Å². The summed E-state index contributed by atoms with van der Waals surface area (Å²) in [5.74, 6) is 0.0636. The molecular weight excluding hydrogens is 438 g/mol. The highest BCUT2D eigenvalue weighted by Crippen LogP contribution is 2.43. The summed E-state index contributed by atoms with van der Waals surface area (Å²) in [6, 6.07) is 11.8. The molecule has 1 aliphatic carbocycles. The normalized spacial score (nSPS) is 16.6. The molecule has 160 valence electrons. The van der Waals surface area contributed by atoms with Crippen molar-refractivity contribution in [2.45, 2.75) is 18.8 Å². The van der Waals surface area contributed by atoms with Crippen molar-refractivity contribution < 1.29 is 9.18 Å². The monoisotopic (exact) mass is 458 g/mol. The molecule has 1 aromatic heterocycles. The van der Waals surface area contributed by atoms with Crippen molar-refractivity contribution in [3.05, 3.63) is 75.8 Å². The number of rotatable bonds is 4.